The maximum atomic E-state index is 12.1. The molecule has 0 bridgehead atoms. The Morgan fingerprint density at radius 3 is 2.26 bits per heavy atom. The lowest BCUT2D eigenvalue weighted by Gasteiger charge is -2.11. The molecule has 174 valence electrons. The fraction of sp³-hybridized carbons (Fsp3) is 0.0455. The minimum Gasteiger partial charge on any atom is -0.481 e. The summed E-state index contributed by atoms with van der Waals surface area (Å²) in [5, 5.41) is 17.9. The van der Waals surface area contributed by atoms with Crippen LogP contribution in [0.15, 0.2) is 74.7 Å². The number of hydrogen-bond donors (Lipinski definition) is 2. The summed E-state index contributed by atoms with van der Waals surface area (Å²) < 4.78 is 6.73. The van der Waals surface area contributed by atoms with Crippen molar-refractivity contribution < 1.29 is 19.2 Å². The second-order valence-corrected chi connectivity index (χ2v) is 8.81. The summed E-state index contributed by atoms with van der Waals surface area (Å²) in [5.74, 6) is -0.449. The van der Waals surface area contributed by atoms with E-state index in [1.54, 1.807) is 36.4 Å². The average Bonchev–Trinajstić information content (AvgIpc) is 2.80. The van der Waals surface area contributed by atoms with E-state index in [0.29, 0.717) is 31.0 Å². The van der Waals surface area contributed by atoms with Crippen molar-refractivity contribution in [3.8, 4) is 5.75 Å². The van der Waals surface area contributed by atoms with Crippen LogP contribution < -0.4 is 15.5 Å². The molecule has 0 aliphatic rings. The SMILES string of the molecule is O=C(COc1c(Br)cc(/C=N/NC(=O)c2ccc([N+](=O)[O-])cc2)cc1Br)Nc1ccc(Cl)cc1. The van der Waals surface area contributed by atoms with Crippen LogP contribution in [-0.4, -0.2) is 29.6 Å². The molecule has 0 atom stereocenters. The molecule has 3 aromatic carbocycles. The molecule has 3 aromatic rings. The van der Waals surface area contributed by atoms with E-state index in [2.05, 4.69) is 47.7 Å². The Kier molecular flexibility index (Phi) is 8.74. The summed E-state index contributed by atoms with van der Waals surface area (Å²) in [5.41, 5.74) is 3.69. The summed E-state index contributed by atoms with van der Waals surface area (Å²) in [6.07, 6.45) is 1.41. The molecule has 0 fully saturated rings. The topological polar surface area (TPSA) is 123 Å². The van der Waals surface area contributed by atoms with Gasteiger partial charge in [0.2, 0.25) is 0 Å². The van der Waals surface area contributed by atoms with Gasteiger partial charge in [-0.05, 0) is 86.0 Å². The number of nitro groups is 1. The number of carbonyl (C=O) groups is 2. The Labute approximate surface area is 215 Å². The van der Waals surface area contributed by atoms with Crippen molar-refractivity contribution in [2.75, 3.05) is 11.9 Å². The molecule has 9 nitrogen and oxygen atoms in total. The second-order valence-electron chi connectivity index (χ2n) is 6.66. The van der Waals surface area contributed by atoms with Gasteiger partial charge < -0.3 is 10.1 Å². The van der Waals surface area contributed by atoms with Crippen molar-refractivity contribution in [3.63, 3.8) is 0 Å². The molecule has 0 aliphatic carbocycles. The molecule has 34 heavy (non-hydrogen) atoms. The number of ether oxygens (including phenoxy) is 1. The molecule has 2 N–H and O–H groups in total. The van der Waals surface area contributed by atoms with Crippen LogP contribution in [0.4, 0.5) is 11.4 Å². The van der Waals surface area contributed by atoms with Crippen LogP contribution in [0.5, 0.6) is 5.75 Å². The maximum absolute atomic E-state index is 12.1. The Hall–Kier alpha value is -3.28. The number of anilines is 1. The number of hydrogen-bond acceptors (Lipinski definition) is 6. The van der Waals surface area contributed by atoms with Gasteiger partial charge in [-0.25, -0.2) is 5.43 Å². The van der Waals surface area contributed by atoms with Crippen molar-refractivity contribution in [3.05, 3.63) is 95.9 Å². The van der Waals surface area contributed by atoms with Gasteiger partial charge in [0.05, 0.1) is 20.1 Å². The maximum Gasteiger partial charge on any atom is 0.271 e. The van der Waals surface area contributed by atoms with Crippen LogP contribution in [0.1, 0.15) is 15.9 Å². The zero-order valence-electron chi connectivity index (χ0n) is 17.1. The number of amides is 2. The Morgan fingerprint density at radius 2 is 1.68 bits per heavy atom. The first kappa shape index (κ1) is 25.3. The number of rotatable bonds is 8. The molecule has 0 aliphatic heterocycles. The molecule has 0 saturated heterocycles. The van der Waals surface area contributed by atoms with Gasteiger partial charge in [0.25, 0.3) is 17.5 Å². The van der Waals surface area contributed by atoms with Gasteiger partial charge in [0.15, 0.2) is 6.61 Å². The van der Waals surface area contributed by atoms with Gasteiger partial charge in [0, 0.05) is 28.4 Å². The van der Waals surface area contributed by atoms with Crippen molar-refractivity contribution in [1.29, 1.82) is 0 Å². The number of carbonyl (C=O) groups excluding carboxylic acids is 2. The average molecular weight is 611 g/mol. The highest BCUT2D eigenvalue weighted by molar-refractivity contribution is 9.11. The summed E-state index contributed by atoms with van der Waals surface area (Å²) in [7, 11) is 0. The number of halogens is 3. The fourth-order valence-corrected chi connectivity index (χ4v) is 4.20. The van der Waals surface area contributed by atoms with Crippen LogP contribution in [0.3, 0.4) is 0 Å². The normalized spacial score (nSPS) is 10.7. The Balaban J connectivity index is 1.57. The Bertz CT molecular complexity index is 1230. The summed E-state index contributed by atoms with van der Waals surface area (Å²) in [4.78, 5) is 34.4. The van der Waals surface area contributed by atoms with E-state index in [9.17, 15) is 19.7 Å². The molecule has 0 heterocycles. The third-order valence-electron chi connectivity index (χ3n) is 4.22. The fourth-order valence-electron chi connectivity index (χ4n) is 2.62. The lowest BCUT2D eigenvalue weighted by molar-refractivity contribution is -0.384. The number of nitrogens with one attached hydrogen (secondary N) is 2. The van der Waals surface area contributed by atoms with Crippen LogP contribution in [0.2, 0.25) is 5.02 Å². The van der Waals surface area contributed by atoms with Gasteiger partial charge in [-0.3, -0.25) is 19.7 Å². The van der Waals surface area contributed by atoms with Gasteiger partial charge in [0.1, 0.15) is 5.75 Å². The Morgan fingerprint density at radius 1 is 1.06 bits per heavy atom. The molecule has 0 spiro atoms. The van der Waals surface area contributed by atoms with Crippen LogP contribution >= 0.6 is 43.5 Å². The highest BCUT2D eigenvalue weighted by Gasteiger charge is 2.12. The first-order chi connectivity index (χ1) is 16.2. The van der Waals surface area contributed by atoms with Gasteiger partial charge >= 0.3 is 0 Å². The zero-order valence-corrected chi connectivity index (χ0v) is 21.1. The quantitative estimate of drug-likeness (QED) is 0.197. The third kappa shape index (κ3) is 7.11. The molecule has 3 rings (SSSR count). The van der Waals surface area contributed by atoms with Crippen molar-refractivity contribution in [1.82, 2.24) is 5.43 Å². The number of non-ortho nitro benzene ring substituents is 1. The van der Waals surface area contributed by atoms with E-state index in [1.807, 2.05) is 0 Å². The lowest BCUT2D eigenvalue weighted by atomic mass is 10.2. The van der Waals surface area contributed by atoms with Crippen molar-refractivity contribution in [2.24, 2.45) is 5.10 Å². The summed E-state index contributed by atoms with van der Waals surface area (Å²) in [6.45, 7) is -0.224. The highest BCUT2D eigenvalue weighted by Crippen LogP contribution is 2.34. The summed E-state index contributed by atoms with van der Waals surface area (Å²) >= 11 is 12.6. The molecule has 2 amide bonds. The van der Waals surface area contributed by atoms with Crippen LogP contribution in [0.25, 0.3) is 0 Å². The van der Waals surface area contributed by atoms with Gasteiger partial charge in [-0.1, -0.05) is 11.6 Å². The van der Waals surface area contributed by atoms with E-state index >= 15 is 0 Å². The zero-order chi connectivity index (χ0) is 24.7. The lowest BCUT2D eigenvalue weighted by Crippen LogP contribution is -2.20. The molecular formula is C22H15Br2ClN4O5. The molecule has 0 unspecified atom stereocenters. The van der Waals surface area contributed by atoms with Gasteiger partial charge in [-0.15, -0.1) is 0 Å². The minimum atomic E-state index is -0.547. The van der Waals surface area contributed by atoms with Crippen LogP contribution in [-0.2, 0) is 4.79 Å². The highest BCUT2D eigenvalue weighted by atomic mass is 79.9. The molecule has 12 heteroatoms. The molecular weight excluding hydrogens is 596 g/mol. The van der Waals surface area contributed by atoms with E-state index in [-0.39, 0.29) is 23.8 Å². The molecule has 0 saturated carbocycles. The predicted octanol–water partition coefficient (Wildman–Crippen LogP) is 5.55. The smallest absolute Gasteiger partial charge is 0.271 e. The monoisotopic (exact) mass is 608 g/mol. The first-order valence-corrected chi connectivity index (χ1v) is 11.4. The third-order valence-corrected chi connectivity index (χ3v) is 5.65. The van der Waals surface area contributed by atoms with Crippen LogP contribution in [0, 0.1) is 10.1 Å². The van der Waals surface area contributed by atoms with Crippen molar-refractivity contribution in [2.45, 2.75) is 0 Å². The minimum absolute atomic E-state index is 0.112. The van der Waals surface area contributed by atoms with E-state index in [4.69, 9.17) is 16.3 Å². The van der Waals surface area contributed by atoms with E-state index < -0.39 is 10.8 Å². The largest absolute Gasteiger partial charge is 0.481 e. The number of nitrogens with zero attached hydrogens (tertiary/aromatic N) is 2. The molecule has 0 aromatic heterocycles. The number of hydrazone groups is 1. The second kappa shape index (κ2) is 11.7. The predicted molar refractivity (Wildman–Crippen MR) is 136 cm³/mol. The number of nitro benzene ring substituents is 1. The van der Waals surface area contributed by atoms with E-state index in [1.165, 1.54) is 30.5 Å². The summed E-state index contributed by atoms with van der Waals surface area (Å²) in [6, 6.07) is 15.2. The van der Waals surface area contributed by atoms with E-state index in [0.717, 1.165) is 0 Å². The van der Waals surface area contributed by atoms with Gasteiger partial charge in [-0.2, -0.15) is 5.10 Å². The first-order valence-electron chi connectivity index (χ1n) is 9.48. The molecule has 0 radical (unpaired) electrons. The van der Waals surface area contributed by atoms with Crippen molar-refractivity contribution >= 4 is 72.9 Å². The standard InChI is InChI=1S/C22H15Br2ClN4O5/c23-18-9-13(11-26-28-22(31)14-1-7-17(8-2-14)29(32)33)10-19(24)21(18)34-12-20(30)27-16-5-3-15(25)4-6-16/h1-11H,12H2,(H,27,30)(H,28,31)/b26-11+. The number of benzene rings is 3.